The molecule has 4 nitrogen and oxygen atoms in total. The van der Waals surface area contributed by atoms with Crippen molar-refractivity contribution in [2.24, 2.45) is 0 Å². The molecule has 0 amide bonds. The van der Waals surface area contributed by atoms with Crippen LogP contribution in [0.4, 0.5) is 15.8 Å². The second kappa shape index (κ2) is 4.63. The first-order chi connectivity index (χ1) is 7.06. The van der Waals surface area contributed by atoms with Crippen LogP contribution >= 0.6 is 0 Å². The minimum atomic E-state index is -1.07. The van der Waals surface area contributed by atoms with Crippen LogP contribution in [-0.2, 0) is 0 Å². The molecule has 1 rings (SSSR count). The standard InChI is InChI=1S/C10H13FN2O2/c1-13(5-4-11)9-3-2-7(12)6-8(9)10(14)15/h2-3,6H,4-5,12H2,1H3,(H,14,15). The molecule has 0 saturated carbocycles. The molecule has 0 aliphatic rings. The third-order valence-electron chi connectivity index (χ3n) is 2.08. The molecule has 0 aromatic heterocycles. The fourth-order valence-electron chi connectivity index (χ4n) is 1.31. The van der Waals surface area contributed by atoms with Gasteiger partial charge < -0.3 is 15.7 Å². The number of benzene rings is 1. The molecule has 0 fully saturated rings. The Kier molecular flexibility index (Phi) is 3.49. The van der Waals surface area contributed by atoms with Gasteiger partial charge in [-0.1, -0.05) is 0 Å². The summed E-state index contributed by atoms with van der Waals surface area (Å²) in [5.74, 6) is -1.07. The molecule has 0 saturated heterocycles. The Morgan fingerprint density at radius 3 is 2.80 bits per heavy atom. The highest BCUT2D eigenvalue weighted by atomic mass is 19.1. The van der Waals surface area contributed by atoms with Gasteiger partial charge >= 0.3 is 5.97 Å². The van der Waals surface area contributed by atoms with E-state index in [-0.39, 0.29) is 12.1 Å². The van der Waals surface area contributed by atoms with Gasteiger partial charge in [-0.25, -0.2) is 9.18 Å². The lowest BCUT2D eigenvalue weighted by Gasteiger charge is -2.19. The number of carbonyl (C=O) groups is 1. The van der Waals surface area contributed by atoms with Crippen LogP contribution < -0.4 is 10.6 Å². The average Bonchev–Trinajstić information content (AvgIpc) is 2.17. The summed E-state index contributed by atoms with van der Waals surface area (Å²) in [5.41, 5.74) is 6.42. The maximum Gasteiger partial charge on any atom is 0.337 e. The molecular formula is C10H13FN2O2. The minimum absolute atomic E-state index is 0.0888. The van der Waals surface area contributed by atoms with Crippen LogP contribution in [0.25, 0.3) is 0 Å². The van der Waals surface area contributed by atoms with Gasteiger partial charge in [-0.2, -0.15) is 0 Å². The highest BCUT2D eigenvalue weighted by Crippen LogP contribution is 2.22. The van der Waals surface area contributed by atoms with E-state index in [0.717, 1.165) is 0 Å². The number of nitrogen functional groups attached to an aromatic ring is 1. The van der Waals surface area contributed by atoms with Gasteiger partial charge in [0.2, 0.25) is 0 Å². The Morgan fingerprint density at radius 1 is 1.60 bits per heavy atom. The van der Waals surface area contributed by atoms with Gasteiger partial charge in [-0.15, -0.1) is 0 Å². The number of hydrogen-bond donors (Lipinski definition) is 2. The van der Waals surface area contributed by atoms with Gasteiger partial charge in [0.25, 0.3) is 0 Å². The summed E-state index contributed by atoms with van der Waals surface area (Å²) in [6, 6.07) is 4.54. The smallest absolute Gasteiger partial charge is 0.337 e. The van der Waals surface area contributed by atoms with E-state index in [0.29, 0.717) is 11.4 Å². The van der Waals surface area contributed by atoms with Crippen LogP contribution in [0.5, 0.6) is 0 Å². The number of hydrogen-bond acceptors (Lipinski definition) is 3. The summed E-state index contributed by atoms with van der Waals surface area (Å²) < 4.78 is 12.1. The topological polar surface area (TPSA) is 66.6 Å². The van der Waals surface area contributed by atoms with Gasteiger partial charge in [0.05, 0.1) is 11.3 Å². The summed E-state index contributed by atoms with van der Waals surface area (Å²) >= 11 is 0. The lowest BCUT2D eigenvalue weighted by molar-refractivity contribution is 0.0697. The van der Waals surface area contributed by atoms with E-state index in [4.69, 9.17) is 10.8 Å². The van der Waals surface area contributed by atoms with Crippen molar-refractivity contribution in [1.29, 1.82) is 0 Å². The second-order valence-electron chi connectivity index (χ2n) is 3.19. The van der Waals surface area contributed by atoms with Gasteiger partial charge in [-0.05, 0) is 18.2 Å². The largest absolute Gasteiger partial charge is 0.478 e. The number of halogens is 1. The number of nitrogens with two attached hydrogens (primary N) is 1. The van der Waals surface area contributed by atoms with Crippen molar-refractivity contribution in [2.75, 3.05) is 30.9 Å². The van der Waals surface area contributed by atoms with E-state index < -0.39 is 12.6 Å². The molecule has 0 atom stereocenters. The molecule has 0 heterocycles. The molecular weight excluding hydrogens is 199 g/mol. The van der Waals surface area contributed by atoms with Crippen LogP contribution in [0.1, 0.15) is 10.4 Å². The molecule has 0 aliphatic carbocycles. The molecule has 0 unspecified atom stereocenters. The number of nitrogens with zero attached hydrogens (tertiary/aromatic N) is 1. The fraction of sp³-hybridized carbons (Fsp3) is 0.300. The Labute approximate surface area is 87.1 Å². The van der Waals surface area contributed by atoms with Crippen LogP contribution in [0.15, 0.2) is 18.2 Å². The van der Waals surface area contributed by atoms with Crippen molar-refractivity contribution >= 4 is 17.3 Å². The van der Waals surface area contributed by atoms with Crippen LogP contribution in [0.2, 0.25) is 0 Å². The average molecular weight is 212 g/mol. The number of aromatic carboxylic acids is 1. The zero-order valence-electron chi connectivity index (χ0n) is 8.40. The molecule has 0 bridgehead atoms. The SMILES string of the molecule is CN(CCF)c1ccc(N)cc1C(=O)O. The molecule has 5 heteroatoms. The summed E-state index contributed by atoms with van der Waals surface area (Å²) in [5, 5.41) is 8.93. The van der Waals surface area contributed by atoms with Gasteiger partial charge in [-0.3, -0.25) is 0 Å². The number of alkyl halides is 1. The van der Waals surface area contributed by atoms with Crippen molar-refractivity contribution in [3.05, 3.63) is 23.8 Å². The number of anilines is 2. The van der Waals surface area contributed by atoms with E-state index in [1.54, 1.807) is 24.1 Å². The number of carboxylic acid groups (broad SMARTS) is 1. The van der Waals surface area contributed by atoms with Gasteiger partial charge in [0.1, 0.15) is 6.67 Å². The predicted molar refractivity (Wildman–Crippen MR) is 57.1 cm³/mol. The molecule has 15 heavy (non-hydrogen) atoms. The molecule has 0 aliphatic heterocycles. The first-order valence-corrected chi connectivity index (χ1v) is 4.46. The summed E-state index contributed by atoms with van der Waals surface area (Å²) in [4.78, 5) is 12.5. The van der Waals surface area contributed by atoms with Crippen molar-refractivity contribution in [1.82, 2.24) is 0 Å². The maximum absolute atomic E-state index is 12.1. The molecule has 3 N–H and O–H groups in total. The van der Waals surface area contributed by atoms with Crippen molar-refractivity contribution in [3.63, 3.8) is 0 Å². The zero-order chi connectivity index (χ0) is 11.4. The highest BCUT2D eigenvalue weighted by Gasteiger charge is 2.13. The van der Waals surface area contributed by atoms with E-state index in [1.165, 1.54) is 6.07 Å². The first kappa shape index (κ1) is 11.3. The quantitative estimate of drug-likeness (QED) is 0.740. The number of rotatable bonds is 4. The number of carboxylic acids is 1. The van der Waals surface area contributed by atoms with Crippen molar-refractivity contribution in [3.8, 4) is 0 Å². The summed E-state index contributed by atoms with van der Waals surface area (Å²) in [6.07, 6.45) is 0. The monoisotopic (exact) mass is 212 g/mol. The summed E-state index contributed by atoms with van der Waals surface area (Å²) in [7, 11) is 1.64. The Balaban J connectivity index is 3.10. The van der Waals surface area contributed by atoms with E-state index >= 15 is 0 Å². The molecule has 0 spiro atoms. The molecule has 1 aromatic rings. The lowest BCUT2D eigenvalue weighted by atomic mass is 10.1. The molecule has 82 valence electrons. The Hall–Kier alpha value is -1.78. The lowest BCUT2D eigenvalue weighted by Crippen LogP contribution is -2.22. The van der Waals surface area contributed by atoms with Gasteiger partial charge in [0.15, 0.2) is 0 Å². The highest BCUT2D eigenvalue weighted by molar-refractivity contribution is 5.95. The van der Waals surface area contributed by atoms with E-state index in [9.17, 15) is 9.18 Å². The van der Waals surface area contributed by atoms with Crippen LogP contribution in [0.3, 0.4) is 0 Å². The molecule has 0 radical (unpaired) electrons. The second-order valence-corrected chi connectivity index (χ2v) is 3.19. The zero-order valence-corrected chi connectivity index (χ0v) is 8.40. The third-order valence-corrected chi connectivity index (χ3v) is 2.08. The molecule has 1 aromatic carbocycles. The van der Waals surface area contributed by atoms with Crippen molar-refractivity contribution < 1.29 is 14.3 Å². The minimum Gasteiger partial charge on any atom is -0.478 e. The summed E-state index contributed by atoms with van der Waals surface area (Å²) in [6.45, 7) is -0.371. The van der Waals surface area contributed by atoms with Gasteiger partial charge in [0, 0.05) is 19.3 Å². The Bertz CT molecular complexity index is 368. The van der Waals surface area contributed by atoms with E-state index in [1.807, 2.05) is 0 Å². The predicted octanol–water partition coefficient (Wildman–Crippen LogP) is 1.37. The maximum atomic E-state index is 12.1. The van der Waals surface area contributed by atoms with Crippen LogP contribution in [-0.4, -0.2) is 31.3 Å². The third kappa shape index (κ3) is 2.59. The van der Waals surface area contributed by atoms with Crippen molar-refractivity contribution in [2.45, 2.75) is 0 Å². The Morgan fingerprint density at radius 2 is 2.27 bits per heavy atom. The first-order valence-electron chi connectivity index (χ1n) is 4.46. The van der Waals surface area contributed by atoms with Crippen LogP contribution in [0, 0.1) is 0 Å². The van der Waals surface area contributed by atoms with E-state index in [2.05, 4.69) is 0 Å². The fourth-order valence-corrected chi connectivity index (χ4v) is 1.31. The normalized spacial score (nSPS) is 10.0.